The summed E-state index contributed by atoms with van der Waals surface area (Å²) in [7, 11) is 0. The fourth-order valence-corrected chi connectivity index (χ4v) is 4.51. The van der Waals surface area contributed by atoms with E-state index >= 15 is 0 Å². The molecule has 0 spiro atoms. The molecular formula is C21H19N5O2S2. The Kier molecular flexibility index (Phi) is 6.83. The highest BCUT2D eigenvalue weighted by molar-refractivity contribution is 8.01. The second kappa shape index (κ2) is 10.1. The summed E-state index contributed by atoms with van der Waals surface area (Å²) < 4.78 is 6.07. The van der Waals surface area contributed by atoms with Crippen molar-refractivity contribution in [2.45, 2.75) is 23.6 Å². The Morgan fingerprint density at radius 1 is 1.00 bits per heavy atom. The fraction of sp³-hybridized carbons (Fsp3) is 0.190. The van der Waals surface area contributed by atoms with Gasteiger partial charge in [0.15, 0.2) is 4.34 Å². The standard InChI is InChI=1S/C21H19N5O2S2/c27-17(11-12-18-23-19(26-28-18)16-9-5-2-6-10-16)22-20-24-25-21(30-20)29-14-13-15-7-3-1-4-8-15/h1-10H,11-14H2,(H,22,24,27). The average Bonchev–Trinajstić information content (AvgIpc) is 3.43. The average molecular weight is 438 g/mol. The summed E-state index contributed by atoms with van der Waals surface area (Å²) in [4.78, 5) is 16.5. The van der Waals surface area contributed by atoms with Gasteiger partial charge < -0.3 is 9.84 Å². The van der Waals surface area contributed by atoms with Crippen molar-refractivity contribution in [3.05, 3.63) is 72.1 Å². The van der Waals surface area contributed by atoms with Crippen LogP contribution in [0.2, 0.25) is 0 Å². The Bertz CT molecular complexity index is 1080. The minimum Gasteiger partial charge on any atom is -0.339 e. The van der Waals surface area contributed by atoms with Crippen molar-refractivity contribution in [1.29, 1.82) is 0 Å². The summed E-state index contributed by atoms with van der Waals surface area (Å²) in [5, 5.41) is 15.4. The van der Waals surface area contributed by atoms with E-state index in [4.69, 9.17) is 4.52 Å². The molecule has 0 aliphatic heterocycles. The number of nitrogens with zero attached hydrogens (tertiary/aromatic N) is 4. The summed E-state index contributed by atoms with van der Waals surface area (Å²) in [6.45, 7) is 0. The van der Waals surface area contributed by atoms with Crippen LogP contribution in [0.5, 0.6) is 0 Å². The second-order valence-corrected chi connectivity index (χ2v) is 8.70. The molecule has 7 nitrogen and oxygen atoms in total. The van der Waals surface area contributed by atoms with Crippen molar-refractivity contribution in [3.63, 3.8) is 0 Å². The summed E-state index contributed by atoms with van der Waals surface area (Å²) in [5.74, 6) is 1.70. The van der Waals surface area contributed by atoms with Gasteiger partial charge in [-0.1, -0.05) is 88.9 Å². The molecule has 4 aromatic rings. The normalized spacial score (nSPS) is 10.8. The Hall–Kier alpha value is -3.04. The third-order valence-electron chi connectivity index (χ3n) is 4.18. The molecule has 0 saturated carbocycles. The SMILES string of the molecule is O=C(CCc1nc(-c2ccccc2)no1)Nc1nnc(SCCc2ccccc2)s1. The highest BCUT2D eigenvalue weighted by atomic mass is 32.2. The van der Waals surface area contributed by atoms with Crippen LogP contribution in [0.4, 0.5) is 5.13 Å². The maximum Gasteiger partial charge on any atom is 0.227 e. The van der Waals surface area contributed by atoms with E-state index in [2.05, 4.69) is 37.8 Å². The molecular weight excluding hydrogens is 418 g/mol. The van der Waals surface area contributed by atoms with Crippen LogP contribution in [0.25, 0.3) is 11.4 Å². The minimum atomic E-state index is -0.161. The molecule has 0 fully saturated rings. The molecule has 0 aliphatic carbocycles. The number of aryl methyl sites for hydroxylation is 2. The highest BCUT2D eigenvalue weighted by Gasteiger charge is 2.12. The fourth-order valence-electron chi connectivity index (χ4n) is 2.68. The number of anilines is 1. The van der Waals surface area contributed by atoms with Gasteiger partial charge in [0, 0.05) is 24.2 Å². The van der Waals surface area contributed by atoms with Crippen molar-refractivity contribution >= 4 is 34.1 Å². The number of hydrogen-bond donors (Lipinski definition) is 1. The molecule has 2 heterocycles. The number of rotatable bonds is 9. The number of carbonyl (C=O) groups excluding carboxylic acids is 1. The lowest BCUT2D eigenvalue weighted by molar-refractivity contribution is -0.116. The molecule has 1 amide bonds. The van der Waals surface area contributed by atoms with Gasteiger partial charge in [0.1, 0.15) is 0 Å². The van der Waals surface area contributed by atoms with E-state index in [0.717, 1.165) is 22.1 Å². The summed E-state index contributed by atoms with van der Waals surface area (Å²) >= 11 is 3.01. The van der Waals surface area contributed by atoms with Gasteiger partial charge in [-0.05, 0) is 12.0 Å². The number of thioether (sulfide) groups is 1. The zero-order chi connectivity index (χ0) is 20.6. The molecule has 0 aliphatic rings. The molecule has 152 valence electrons. The molecule has 0 saturated heterocycles. The predicted octanol–water partition coefficient (Wildman–Crippen LogP) is 4.49. The van der Waals surface area contributed by atoms with Gasteiger partial charge in [0.05, 0.1) is 0 Å². The van der Waals surface area contributed by atoms with E-state index in [1.165, 1.54) is 16.9 Å². The molecule has 0 bridgehead atoms. The van der Waals surface area contributed by atoms with Gasteiger partial charge in [-0.15, -0.1) is 10.2 Å². The second-order valence-electron chi connectivity index (χ2n) is 6.38. The molecule has 2 aromatic heterocycles. The van der Waals surface area contributed by atoms with Crippen LogP contribution in [0, 0.1) is 0 Å². The topological polar surface area (TPSA) is 93.8 Å². The van der Waals surface area contributed by atoms with E-state index in [1.807, 2.05) is 48.5 Å². The Morgan fingerprint density at radius 3 is 2.57 bits per heavy atom. The lowest BCUT2D eigenvalue weighted by Crippen LogP contribution is -2.12. The molecule has 9 heteroatoms. The van der Waals surface area contributed by atoms with Crippen LogP contribution in [-0.2, 0) is 17.6 Å². The van der Waals surface area contributed by atoms with Gasteiger partial charge in [-0.3, -0.25) is 4.79 Å². The number of benzene rings is 2. The Balaban J connectivity index is 1.21. The first-order chi connectivity index (χ1) is 14.8. The van der Waals surface area contributed by atoms with E-state index in [0.29, 0.717) is 23.3 Å². The Morgan fingerprint density at radius 2 is 1.77 bits per heavy atom. The first-order valence-electron chi connectivity index (χ1n) is 9.44. The first-order valence-corrected chi connectivity index (χ1v) is 11.2. The van der Waals surface area contributed by atoms with Crippen LogP contribution in [0.1, 0.15) is 17.9 Å². The van der Waals surface area contributed by atoms with Crippen molar-refractivity contribution < 1.29 is 9.32 Å². The van der Waals surface area contributed by atoms with Gasteiger partial charge in [-0.2, -0.15) is 4.98 Å². The number of aromatic nitrogens is 4. The quantitative estimate of drug-likeness (QED) is 0.304. The summed E-state index contributed by atoms with van der Waals surface area (Å²) in [6.07, 6.45) is 1.55. The monoisotopic (exact) mass is 437 g/mol. The van der Waals surface area contributed by atoms with Crippen molar-refractivity contribution in [3.8, 4) is 11.4 Å². The minimum absolute atomic E-state index is 0.161. The van der Waals surface area contributed by atoms with Gasteiger partial charge >= 0.3 is 0 Å². The zero-order valence-electron chi connectivity index (χ0n) is 16.0. The van der Waals surface area contributed by atoms with Gasteiger partial charge in [0.2, 0.25) is 22.8 Å². The lowest BCUT2D eigenvalue weighted by atomic mass is 10.2. The lowest BCUT2D eigenvalue weighted by Gasteiger charge is -1.99. The molecule has 0 atom stereocenters. The van der Waals surface area contributed by atoms with E-state index in [1.54, 1.807) is 11.8 Å². The maximum absolute atomic E-state index is 12.2. The maximum atomic E-state index is 12.2. The van der Waals surface area contributed by atoms with Crippen LogP contribution < -0.4 is 5.32 Å². The van der Waals surface area contributed by atoms with Crippen molar-refractivity contribution in [1.82, 2.24) is 20.3 Å². The van der Waals surface area contributed by atoms with Crippen LogP contribution in [0.15, 0.2) is 69.5 Å². The number of hydrogen-bond acceptors (Lipinski definition) is 8. The first kappa shape index (κ1) is 20.2. The predicted molar refractivity (Wildman–Crippen MR) is 117 cm³/mol. The molecule has 0 radical (unpaired) electrons. The molecule has 0 unspecified atom stereocenters. The van der Waals surface area contributed by atoms with Crippen LogP contribution >= 0.6 is 23.1 Å². The smallest absolute Gasteiger partial charge is 0.227 e. The molecule has 30 heavy (non-hydrogen) atoms. The Labute approximate surface area is 181 Å². The van der Waals surface area contributed by atoms with Crippen LogP contribution in [0.3, 0.4) is 0 Å². The third kappa shape index (κ3) is 5.74. The zero-order valence-corrected chi connectivity index (χ0v) is 17.7. The third-order valence-corrected chi connectivity index (χ3v) is 6.15. The summed E-state index contributed by atoms with van der Waals surface area (Å²) in [6, 6.07) is 19.9. The van der Waals surface area contributed by atoms with Crippen LogP contribution in [-0.4, -0.2) is 32.0 Å². The number of nitrogens with one attached hydrogen (secondary N) is 1. The molecule has 2 aromatic carbocycles. The summed E-state index contributed by atoms with van der Waals surface area (Å²) in [5.41, 5.74) is 2.17. The van der Waals surface area contributed by atoms with Crippen molar-refractivity contribution in [2.75, 3.05) is 11.1 Å². The van der Waals surface area contributed by atoms with Gasteiger partial charge in [0.25, 0.3) is 0 Å². The van der Waals surface area contributed by atoms with E-state index in [9.17, 15) is 4.79 Å². The molecule has 1 N–H and O–H groups in total. The molecule has 4 rings (SSSR count). The van der Waals surface area contributed by atoms with Crippen molar-refractivity contribution in [2.24, 2.45) is 0 Å². The van der Waals surface area contributed by atoms with E-state index < -0.39 is 0 Å². The van der Waals surface area contributed by atoms with Gasteiger partial charge in [-0.25, -0.2) is 0 Å². The number of amides is 1. The highest BCUT2D eigenvalue weighted by Crippen LogP contribution is 2.26. The van der Waals surface area contributed by atoms with E-state index in [-0.39, 0.29) is 12.3 Å². The number of carbonyl (C=O) groups is 1. The largest absolute Gasteiger partial charge is 0.339 e.